The van der Waals surface area contributed by atoms with Crippen LogP contribution in [-0.4, -0.2) is 11.1 Å². The molecule has 0 spiro atoms. The third kappa shape index (κ3) is 1.05. The molecule has 0 atom stereocenters. The molecule has 0 radical (unpaired) electrons. The molecule has 1 aliphatic carbocycles. The first-order valence-electron chi connectivity index (χ1n) is 4.43. The van der Waals surface area contributed by atoms with Gasteiger partial charge in [0.25, 0.3) is 0 Å². The highest BCUT2D eigenvalue weighted by Crippen LogP contribution is 2.46. The molecule has 72 valence electrons. The van der Waals surface area contributed by atoms with Crippen molar-refractivity contribution in [1.29, 1.82) is 0 Å². The lowest BCUT2D eigenvalue weighted by molar-refractivity contribution is -0.143. The lowest BCUT2D eigenvalue weighted by atomic mass is 9.79. The van der Waals surface area contributed by atoms with Crippen LogP contribution in [-0.2, 0) is 4.79 Å². The fourth-order valence-corrected chi connectivity index (χ4v) is 1.91. The van der Waals surface area contributed by atoms with E-state index in [-0.39, 0.29) is 0 Å². The molecule has 0 fully saturated rings. The highest BCUT2D eigenvalue weighted by Gasteiger charge is 2.42. The molecule has 0 heterocycles. The number of hydrogen-bond acceptors (Lipinski definition) is 1. The average molecular weight is 180 g/mol. The number of aliphatic carboxylic acids is 1. The van der Waals surface area contributed by atoms with Crippen molar-refractivity contribution in [2.45, 2.75) is 34.6 Å². The largest absolute Gasteiger partial charge is 0.480 e. The molecule has 0 saturated heterocycles. The number of hydrogen-bond donors (Lipinski definition) is 1. The summed E-state index contributed by atoms with van der Waals surface area (Å²) in [5.41, 5.74) is 3.42. The molecule has 1 rings (SSSR count). The third-order valence-corrected chi connectivity index (χ3v) is 3.62. The Morgan fingerprint density at radius 2 is 1.38 bits per heavy atom. The van der Waals surface area contributed by atoms with Crippen molar-refractivity contribution in [1.82, 2.24) is 0 Å². The van der Waals surface area contributed by atoms with Crippen molar-refractivity contribution in [3.8, 4) is 0 Å². The monoisotopic (exact) mass is 180 g/mol. The van der Waals surface area contributed by atoms with Crippen LogP contribution in [0.4, 0.5) is 0 Å². The van der Waals surface area contributed by atoms with Gasteiger partial charge in [0.1, 0.15) is 5.41 Å². The maximum absolute atomic E-state index is 11.2. The summed E-state index contributed by atoms with van der Waals surface area (Å²) in [6.07, 6.45) is 0. The summed E-state index contributed by atoms with van der Waals surface area (Å²) in [7, 11) is 0. The molecule has 1 N–H and O–H groups in total. The molecule has 0 aromatic carbocycles. The zero-order valence-corrected chi connectivity index (χ0v) is 8.86. The Morgan fingerprint density at radius 1 is 1.08 bits per heavy atom. The van der Waals surface area contributed by atoms with Gasteiger partial charge in [-0.05, 0) is 56.9 Å². The fraction of sp³-hybridized carbons (Fsp3) is 0.545. The van der Waals surface area contributed by atoms with E-state index in [1.54, 1.807) is 6.92 Å². The lowest BCUT2D eigenvalue weighted by Gasteiger charge is -2.23. The van der Waals surface area contributed by atoms with E-state index in [0.29, 0.717) is 0 Å². The molecule has 0 aromatic heterocycles. The zero-order valence-electron chi connectivity index (χ0n) is 8.86. The van der Waals surface area contributed by atoms with Gasteiger partial charge in [0, 0.05) is 0 Å². The van der Waals surface area contributed by atoms with Crippen molar-refractivity contribution in [2.24, 2.45) is 5.41 Å². The Bertz CT molecular complexity index is 308. The van der Waals surface area contributed by atoms with Gasteiger partial charge in [-0.3, -0.25) is 4.79 Å². The molecule has 2 heteroatoms. The second-order valence-electron chi connectivity index (χ2n) is 3.93. The summed E-state index contributed by atoms with van der Waals surface area (Å²) in [6, 6.07) is 0. The quantitative estimate of drug-likeness (QED) is 0.673. The molecular formula is C11H16O2. The molecule has 0 unspecified atom stereocenters. The van der Waals surface area contributed by atoms with Crippen LogP contribution in [0.3, 0.4) is 0 Å². The summed E-state index contributed by atoms with van der Waals surface area (Å²) in [5, 5.41) is 9.18. The second kappa shape index (κ2) is 2.72. The van der Waals surface area contributed by atoms with Crippen molar-refractivity contribution in [2.75, 3.05) is 0 Å². The zero-order chi connectivity index (χ0) is 10.4. The molecule has 0 saturated carbocycles. The number of allylic oxidation sites excluding steroid dienone is 2. The number of carbonyl (C=O) groups is 1. The van der Waals surface area contributed by atoms with E-state index in [4.69, 9.17) is 0 Å². The maximum atomic E-state index is 11.2. The number of carboxylic acids is 1. The van der Waals surface area contributed by atoms with Crippen molar-refractivity contribution >= 4 is 5.97 Å². The first-order valence-corrected chi connectivity index (χ1v) is 4.43. The smallest absolute Gasteiger partial charge is 0.317 e. The average Bonchev–Trinajstić information content (AvgIpc) is 2.22. The van der Waals surface area contributed by atoms with Gasteiger partial charge >= 0.3 is 5.97 Å². The van der Waals surface area contributed by atoms with Crippen LogP contribution >= 0.6 is 0 Å². The standard InChI is InChI=1S/C11H16O2/c1-6-7(2)9(4)11(5,8(6)3)10(12)13/h1-5H3,(H,12,13). The highest BCUT2D eigenvalue weighted by atomic mass is 16.4. The molecule has 0 aliphatic heterocycles. The van der Waals surface area contributed by atoms with E-state index in [9.17, 15) is 9.90 Å². The van der Waals surface area contributed by atoms with Crippen LogP contribution < -0.4 is 0 Å². The van der Waals surface area contributed by atoms with E-state index < -0.39 is 11.4 Å². The SMILES string of the molecule is CC1=C(C)C(C)(C(=O)O)C(C)=C1C. The van der Waals surface area contributed by atoms with Crippen LogP contribution in [0.25, 0.3) is 0 Å². The van der Waals surface area contributed by atoms with Crippen molar-refractivity contribution < 1.29 is 9.90 Å². The molecule has 1 aliphatic rings. The number of carboxylic acid groups (broad SMARTS) is 1. The van der Waals surface area contributed by atoms with Gasteiger partial charge in [0.2, 0.25) is 0 Å². The van der Waals surface area contributed by atoms with Gasteiger partial charge in [-0.2, -0.15) is 0 Å². The molecular weight excluding hydrogens is 164 g/mol. The molecule has 0 aromatic rings. The second-order valence-corrected chi connectivity index (χ2v) is 3.93. The molecule has 0 amide bonds. The van der Waals surface area contributed by atoms with Crippen LogP contribution in [0.1, 0.15) is 34.6 Å². The van der Waals surface area contributed by atoms with Gasteiger partial charge in [0.05, 0.1) is 0 Å². The Balaban J connectivity index is 3.39. The first-order chi connectivity index (χ1) is 5.83. The van der Waals surface area contributed by atoms with E-state index >= 15 is 0 Å². The predicted molar refractivity (Wildman–Crippen MR) is 52.5 cm³/mol. The van der Waals surface area contributed by atoms with Crippen LogP contribution in [0.15, 0.2) is 22.3 Å². The Hall–Kier alpha value is -1.05. The van der Waals surface area contributed by atoms with Gasteiger partial charge in [0.15, 0.2) is 0 Å². The highest BCUT2D eigenvalue weighted by molar-refractivity contribution is 5.85. The van der Waals surface area contributed by atoms with E-state index in [1.807, 2.05) is 27.7 Å². The minimum absolute atomic E-state index is 0.751. The van der Waals surface area contributed by atoms with Crippen LogP contribution in [0.5, 0.6) is 0 Å². The predicted octanol–water partition coefficient (Wildman–Crippen LogP) is 2.76. The summed E-state index contributed by atoms with van der Waals surface area (Å²) in [5.74, 6) is -0.751. The van der Waals surface area contributed by atoms with Gasteiger partial charge < -0.3 is 5.11 Å². The van der Waals surface area contributed by atoms with Crippen molar-refractivity contribution in [3.05, 3.63) is 22.3 Å². The molecule has 0 bridgehead atoms. The fourth-order valence-electron chi connectivity index (χ4n) is 1.91. The first kappa shape index (κ1) is 10.0. The Morgan fingerprint density at radius 3 is 1.54 bits per heavy atom. The Kier molecular flexibility index (Phi) is 2.10. The normalized spacial score (nSPS) is 21.3. The maximum Gasteiger partial charge on any atom is 0.317 e. The molecule has 13 heavy (non-hydrogen) atoms. The summed E-state index contributed by atoms with van der Waals surface area (Å²) in [6.45, 7) is 9.57. The summed E-state index contributed by atoms with van der Waals surface area (Å²) in [4.78, 5) is 11.2. The van der Waals surface area contributed by atoms with Crippen molar-refractivity contribution in [3.63, 3.8) is 0 Å². The Labute approximate surface area is 79.0 Å². The lowest BCUT2D eigenvalue weighted by Crippen LogP contribution is -2.28. The third-order valence-electron chi connectivity index (χ3n) is 3.62. The van der Waals surface area contributed by atoms with E-state index in [0.717, 1.165) is 22.3 Å². The molecule has 2 nitrogen and oxygen atoms in total. The minimum Gasteiger partial charge on any atom is -0.480 e. The summed E-state index contributed by atoms with van der Waals surface area (Å²) >= 11 is 0. The van der Waals surface area contributed by atoms with E-state index in [1.165, 1.54) is 0 Å². The van der Waals surface area contributed by atoms with E-state index in [2.05, 4.69) is 0 Å². The van der Waals surface area contributed by atoms with Gasteiger partial charge in [-0.15, -0.1) is 0 Å². The number of rotatable bonds is 1. The minimum atomic E-state index is -0.770. The van der Waals surface area contributed by atoms with Gasteiger partial charge in [-0.25, -0.2) is 0 Å². The topological polar surface area (TPSA) is 37.3 Å². The van der Waals surface area contributed by atoms with Crippen LogP contribution in [0.2, 0.25) is 0 Å². The van der Waals surface area contributed by atoms with Crippen LogP contribution in [0, 0.1) is 5.41 Å². The summed E-state index contributed by atoms with van der Waals surface area (Å²) < 4.78 is 0. The van der Waals surface area contributed by atoms with Gasteiger partial charge in [-0.1, -0.05) is 0 Å².